The first-order valence-electron chi connectivity index (χ1n) is 10.9. The molecule has 2 N–H and O–H groups in total. The minimum absolute atomic E-state index is 0.0244. The summed E-state index contributed by atoms with van der Waals surface area (Å²) in [7, 11) is -3.71. The number of rotatable bonds is 9. The second-order valence-corrected chi connectivity index (χ2v) is 9.30. The summed E-state index contributed by atoms with van der Waals surface area (Å²) in [6, 6.07) is 7.36. The maximum absolute atomic E-state index is 13.7. The number of H-pyrrole nitrogens is 1. The van der Waals surface area contributed by atoms with Crippen molar-refractivity contribution in [1.82, 2.24) is 9.55 Å². The summed E-state index contributed by atoms with van der Waals surface area (Å²) in [5.74, 6) is -1.11. The molecule has 4 atom stereocenters. The van der Waals surface area contributed by atoms with Crippen LogP contribution in [0.15, 0.2) is 40.1 Å². The number of aromatic amines is 1. The summed E-state index contributed by atoms with van der Waals surface area (Å²) in [6.07, 6.45) is -1.84. The molecule has 4 rings (SSSR count). The van der Waals surface area contributed by atoms with Gasteiger partial charge in [-0.05, 0) is 19.4 Å². The van der Waals surface area contributed by atoms with Crippen molar-refractivity contribution < 1.29 is 37.1 Å². The Bertz CT molecular complexity index is 1110. The Kier molecular flexibility index (Phi) is 7.90. The van der Waals surface area contributed by atoms with E-state index in [1.165, 1.54) is 0 Å². The molecule has 0 saturated carbocycles. The van der Waals surface area contributed by atoms with Gasteiger partial charge < -0.3 is 14.2 Å². The van der Waals surface area contributed by atoms with E-state index < -0.39 is 50.0 Å². The quantitative estimate of drug-likeness (QED) is 0.393. The van der Waals surface area contributed by atoms with E-state index in [1.807, 2.05) is 43.1 Å². The highest BCUT2D eigenvalue weighted by atomic mass is 31.2. The Morgan fingerprint density at radius 3 is 2.71 bits per heavy atom. The molecule has 1 aromatic heterocycles. The fraction of sp³-hybridized carbons (Fsp3) is 0.524. The highest BCUT2D eigenvalue weighted by Gasteiger charge is 2.58. The van der Waals surface area contributed by atoms with Gasteiger partial charge in [-0.15, -0.1) is 9.05 Å². The summed E-state index contributed by atoms with van der Waals surface area (Å²) in [5, 5.41) is 0. The maximum atomic E-state index is 13.7. The SMILES string of the molecule is CCOC(OCC)c1ccccc1CO[P+]1(O)OC[C@H]2O[C@@H](n3cc(F)c(=O)[nH]c3=O)C[C@@H]2O1. The Morgan fingerprint density at radius 1 is 1.24 bits per heavy atom. The lowest BCUT2D eigenvalue weighted by Gasteiger charge is -2.27. The fourth-order valence-electron chi connectivity index (χ4n) is 3.82. The molecule has 0 aliphatic carbocycles. The van der Waals surface area contributed by atoms with Crippen LogP contribution in [0.5, 0.6) is 0 Å². The Labute approximate surface area is 195 Å². The largest absolute Gasteiger partial charge is 0.573 e. The molecule has 1 unspecified atom stereocenters. The number of hydrogen-bond acceptors (Lipinski definition) is 9. The molecule has 13 heteroatoms. The third-order valence-electron chi connectivity index (χ3n) is 5.41. The molecule has 11 nitrogen and oxygen atoms in total. The summed E-state index contributed by atoms with van der Waals surface area (Å²) < 4.78 is 48.6. The number of ether oxygens (including phenoxy) is 3. The zero-order valence-electron chi connectivity index (χ0n) is 18.7. The van der Waals surface area contributed by atoms with E-state index in [0.717, 1.165) is 21.9 Å². The molecule has 3 heterocycles. The molecule has 0 bridgehead atoms. The second-order valence-electron chi connectivity index (χ2n) is 7.63. The summed E-state index contributed by atoms with van der Waals surface area (Å²) >= 11 is 0. The molecule has 0 amide bonds. The van der Waals surface area contributed by atoms with Crippen LogP contribution in [0, 0.1) is 5.82 Å². The first kappa shape index (κ1) is 25.1. The van der Waals surface area contributed by atoms with Crippen molar-refractivity contribution in [1.29, 1.82) is 0 Å². The number of nitrogens with zero attached hydrogens (tertiary/aromatic N) is 1. The molecular weight excluding hydrogens is 474 g/mol. The minimum Gasteiger partial charge on any atom is -0.349 e. The zero-order valence-corrected chi connectivity index (χ0v) is 19.6. The van der Waals surface area contributed by atoms with Crippen LogP contribution in [0.25, 0.3) is 0 Å². The number of nitrogens with one attached hydrogen (secondary N) is 1. The monoisotopic (exact) mass is 501 g/mol. The lowest BCUT2D eigenvalue weighted by molar-refractivity contribution is -0.141. The van der Waals surface area contributed by atoms with Crippen molar-refractivity contribution in [2.75, 3.05) is 19.8 Å². The first-order chi connectivity index (χ1) is 16.3. The molecule has 2 fully saturated rings. The van der Waals surface area contributed by atoms with E-state index in [0.29, 0.717) is 13.2 Å². The van der Waals surface area contributed by atoms with Gasteiger partial charge in [-0.1, -0.05) is 24.3 Å². The fourth-order valence-corrected chi connectivity index (χ4v) is 5.22. The van der Waals surface area contributed by atoms with Gasteiger partial charge in [0.2, 0.25) is 5.82 Å². The van der Waals surface area contributed by atoms with Gasteiger partial charge in [0.15, 0.2) is 6.29 Å². The average Bonchev–Trinajstić information content (AvgIpc) is 3.23. The highest BCUT2D eigenvalue weighted by Crippen LogP contribution is 2.63. The van der Waals surface area contributed by atoms with Crippen molar-refractivity contribution in [2.24, 2.45) is 0 Å². The highest BCUT2D eigenvalue weighted by molar-refractivity contribution is 7.55. The minimum atomic E-state index is -3.71. The number of halogens is 1. The van der Waals surface area contributed by atoms with Crippen molar-refractivity contribution in [2.45, 2.75) is 51.6 Å². The van der Waals surface area contributed by atoms with E-state index >= 15 is 0 Å². The van der Waals surface area contributed by atoms with Gasteiger partial charge in [-0.3, -0.25) is 14.3 Å². The van der Waals surface area contributed by atoms with Gasteiger partial charge in [0.25, 0.3) is 5.56 Å². The van der Waals surface area contributed by atoms with Crippen LogP contribution in [0.1, 0.15) is 43.9 Å². The van der Waals surface area contributed by atoms with Crippen LogP contribution in [0.3, 0.4) is 0 Å². The Balaban J connectivity index is 1.43. The van der Waals surface area contributed by atoms with Crippen LogP contribution in [-0.4, -0.2) is 46.5 Å². The van der Waals surface area contributed by atoms with Gasteiger partial charge in [-0.2, -0.15) is 13.8 Å². The van der Waals surface area contributed by atoms with Gasteiger partial charge in [0, 0.05) is 25.2 Å². The lowest BCUT2D eigenvalue weighted by atomic mass is 10.1. The number of fused-ring (bicyclic) bond motifs is 1. The third-order valence-corrected chi connectivity index (χ3v) is 6.88. The van der Waals surface area contributed by atoms with Gasteiger partial charge >= 0.3 is 13.9 Å². The van der Waals surface area contributed by atoms with Crippen LogP contribution >= 0.6 is 8.17 Å². The molecule has 186 valence electrons. The zero-order chi connectivity index (χ0) is 24.3. The smallest absolute Gasteiger partial charge is 0.349 e. The molecule has 2 saturated heterocycles. The summed E-state index contributed by atoms with van der Waals surface area (Å²) in [5.41, 5.74) is -0.433. The molecule has 2 aromatic rings. The topological polar surface area (TPSA) is 130 Å². The van der Waals surface area contributed by atoms with Crippen molar-refractivity contribution in [3.05, 3.63) is 68.2 Å². The van der Waals surface area contributed by atoms with E-state index in [2.05, 4.69) is 0 Å². The molecule has 0 spiro atoms. The second kappa shape index (κ2) is 10.7. The molecule has 1 aromatic carbocycles. The van der Waals surface area contributed by atoms with Crippen LogP contribution in [0.2, 0.25) is 0 Å². The molecule has 0 radical (unpaired) electrons. The number of aromatic nitrogens is 2. The van der Waals surface area contributed by atoms with Crippen LogP contribution in [0.4, 0.5) is 4.39 Å². The van der Waals surface area contributed by atoms with Crippen molar-refractivity contribution in [3.8, 4) is 0 Å². The predicted octanol–water partition coefficient (Wildman–Crippen LogP) is 2.34. The Morgan fingerprint density at radius 2 is 1.97 bits per heavy atom. The summed E-state index contributed by atoms with van der Waals surface area (Å²) in [4.78, 5) is 36.1. The van der Waals surface area contributed by atoms with E-state index in [4.69, 9.17) is 27.8 Å². The third kappa shape index (κ3) is 5.45. The molecular formula is C21H27FN2O9P+. The molecule has 2 aliphatic heterocycles. The van der Waals surface area contributed by atoms with Crippen LogP contribution < -0.4 is 11.2 Å². The van der Waals surface area contributed by atoms with Gasteiger partial charge in [0.05, 0.1) is 6.20 Å². The summed E-state index contributed by atoms with van der Waals surface area (Å²) in [6.45, 7) is 4.57. The van der Waals surface area contributed by atoms with Crippen LogP contribution in [-0.2, 0) is 34.4 Å². The van der Waals surface area contributed by atoms with Crippen molar-refractivity contribution in [3.63, 3.8) is 0 Å². The molecule has 34 heavy (non-hydrogen) atoms. The predicted molar refractivity (Wildman–Crippen MR) is 117 cm³/mol. The molecule has 2 aliphatic rings. The van der Waals surface area contributed by atoms with Gasteiger partial charge in [0.1, 0.15) is 31.6 Å². The number of hydrogen-bond donors (Lipinski definition) is 2. The first-order valence-corrected chi connectivity index (χ1v) is 12.4. The van der Waals surface area contributed by atoms with E-state index in [9.17, 15) is 18.9 Å². The Hall–Kier alpha value is -2.02. The van der Waals surface area contributed by atoms with Gasteiger partial charge in [-0.25, -0.2) is 4.79 Å². The standard InChI is InChI=1S/C21H26FN2O9P/c1-3-28-20(29-4-2)14-8-6-5-7-13(14)11-30-34(27)31-12-17-16(33-34)9-18(32-17)24-10-15(22)19(25)23-21(24)26/h5-8,10,16-18,20,27H,3-4,9,11-12H2,1-2H3/p+1/t16-,17+,18+,34?/m0/s1. The van der Waals surface area contributed by atoms with E-state index in [1.54, 1.807) is 0 Å². The average molecular weight is 501 g/mol. The number of benzene rings is 1. The normalized spacial score (nSPS) is 26.7. The maximum Gasteiger partial charge on any atom is 0.573 e. The lowest BCUT2D eigenvalue weighted by Crippen LogP contribution is -2.35. The van der Waals surface area contributed by atoms with E-state index in [-0.39, 0.29) is 19.6 Å². The van der Waals surface area contributed by atoms with Crippen molar-refractivity contribution >= 4 is 8.17 Å².